The van der Waals surface area contributed by atoms with E-state index in [2.05, 4.69) is 26.1 Å². The lowest BCUT2D eigenvalue weighted by molar-refractivity contribution is -0.126. The van der Waals surface area contributed by atoms with Crippen molar-refractivity contribution < 1.29 is 19.4 Å². The Morgan fingerprint density at radius 3 is 2.53 bits per heavy atom. The smallest absolute Gasteiger partial charge is 0.251 e. The molecule has 0 saturated carbocycles. The number of hydrogen-bond donors (Lipinski definition) is 2. The molecule has 6 nitrogen and oxygen atoms in total. The summed E-state index contributed by atoms with van der Waals surface area (Å²) < 4.78 is 11.5. The molecule has 2 aromatic rings. The van der Waals surface area contributed by atoms with E-state index in [1.54, 1.807) is 0 Å². The molecule has 1 atom stereocenters. The van der Waals surface area contributed by atoms with Gasteiger partial charge >= 0.3 is 0 Å². The van der Waals surface area contributed by atoms with Crippen LogP contribution in [-0.4, -0.2) is 48.8 Å². The second kappa shape index (κ2) is 10.6. The molecule has 0 unspecified atom stereocenters. The fourth-order valence-corrected chi connectivity index (χ4v) is 3.48. The van der Waals surface area contributed by atoms with Crippen LogP contribution in [-0.2, 0) is 16.0 Å². The molecule has 32 heavy (non-hydrogen) atoms. The van der Waals surface area contributed by atoms with Gasteiger partial charge in [-0.2, -0.15) is 0 Å². The highest BCUT2D eigenvalue weighted by Gasteiger charge is 2.44. The zero-order chi connectivity index (χ0) is 23.0. The summed E-state index contributed by atoms with van der Waals surface area (Å²) in [5, 5.41) is 12.0. The number of amides is 1. The summed E-state index contributed by atoms with van der Waals surface area (Å²) in [5.74, 6) is 1.08. The predicted molar refractivity (Wildman–Crippen MR) is 126 cm³/mol. The molecule has 172 valence electrons. The van der Waals surface area contributed by atoms with Gasteiger partial charge in [0.25, 0.3) is 5.91 Å². The Hall–Kier alpha value is -2.86. The molecule has 0 spiro atoms. The number of aliphatic hydroxyl groups is 1. The van der Waals surface area contributed by atoms with E-state index in [0.29, 0.717) is 31.9 Å². The maximum atomic E-state index is 13.3. The Labute approximate surface area is 190 Å². The number of benzene rings is 2. The number of rotatable bonds is 10. The third kappa shape index (κ3) is 6.57. The van der Waals surface area contributed by atoms with Gasteiger partial charge in [-0.1, -0.05) is 51.1 Å². The molecule has 0 fully saturated rings. The Morgan fingerprint density at radius 2 is 1.88 bits per heavy atom. The van der Waals surface area contributed by atoms with Crippen LogP contribution in [0.3, 0.4) is 0 Å². The number of aliphatic hydroxyl groups excluding tert-OH is 1. The van der Waals surface area contributed by atoms with Gasteiger partial charge in [0.15, 0.2) is 5.54 Å². The summed E-state index contributed by atoms with van der Waals surface area (Å²) in [4.78, 5) is 18.1. The SMILES string of the molecule is CC(C)(C)CCNC(=O)[C@@]1(Cc2ccccc2)COC(c2ccc(OCCCO)cc2)=N1. The average Bonchev–Trinajstić information content (AvgIpc) is 3.19. The standard InChI is InChI=1S/C26H34N2O4/c1-25(2,3)14-15-27-24(30)26(18-20-8-5-4-6-9-20)19-32-23(28-26)21-10-12-22(13-11-21)31-17-7-16-29/h4-6,8-13,29H,7,14-19H2,1-3H3,(H,27,30)/t26-/m1/s1. The lowest BCUT2D eigenvalue weighted by Gasteiger charge is -2.25. The topological polar surface area (TPSA) is 80.2 Å². The first-order valence-corrected chi connectivity index (χ1v) is 11.2. The molecule has 0 saturated heterocycles. The molecule has 3 rings (SSSR count). The van der Waals surface area contributed by atoms with Gasteiger partial charge in [-0.05, 0) is 41.7 Å². The van der Waals surface area contributed by atoms with Crippen LogP contribution in [0.2, 0.25) is 0 Å². The summed E-state index contributed by atoms with van der Waals surface area (Å²) in [5.41, 5.74) is 0.989. The van der Waals surface area contributed by atoms with E-state index in [1.165, 1.54) is 0 Å². The summed E-state index contributed by atoms with van der Waals surface area (Å²) in [7, 11) is 0. The first-order chi connectivity index (χ1) is 15.3. The number of aliphatic imine (C=N–C) groups is 1. The minimum Gasteiger partial charge on any atom is -0.494 e. The summed E-state index contributed by atoms with van der Waals surface area (Å²) in [6, 6.07) is 17.4. The van der Waals surface area contributed by atoms with E-state index in [0.717, 1.165) is 23.3 Å². The van der Waals surface area contributed by atoms with Crippen LogP contribution in [0.1, 0.15) is 44.7 Å². The Balaban J connectivity index is 1.78. The van der Waals surface area contributed by atoms with Crippen LogP contribution in [0.25, 0.3) is 0 Å². The zero-order valence-corrected chi connectivity index (χ0v) is 19.3. The third-order valence-electron chi connectivity index (χ3n) is 5.36. The van der Waals surface area contributed by atoms with Gasteiger partial charge in [0.2, 0.25) is 5.90 Å². The van der Waals surface area contributed by atoms with Crippen molar-refractivity contribution in [3.8, 4) is 5.75 Å². The molecule has 1 aliphatic rings. The highest BCUT2D eigenvalue weighted by atomic mass is 16.5. The monoisotopic (exact) mass is 438 g/mol. The molecule has 0 aliphatic carbocycles. The molecule has 0 radical (unpaired) electrons. The van der Waals surface area contributed by atoms with E-state index in [1.807, 2.05) is 54.6 Å². The number of ether oxygens (including phenoxy) is 2. The molecule has 0 bridgehead atoms. The fraction of sp³-hybridized carbons (Fsp3) is 0.462. The van der Waals surface area contributed by atoms with E-state index in [9.17, 15) is 4.79 Å². The Kier molecular flexibility index (Phi) is 7.91. The van der Waals surface area contributed by atoms with Crippen molar-refractivity contribution in [3.05, 3.63) is 65.7 Å². The Bertz CT molecular complexity index is 904. The van der Waals surface area contributed by atoms with Gasteiger partial charge in [-0.3, -0.25) is 4.79 Å². The van der Waals surface area contributed by atoms with Crippen LogP contribution in [0.5, 0.6) is 5.75 Å². The second-order valence-electron chi connectivity index (χ2n) is 9.42. The van der Waals surface area contributed by atoms with Crippen molar-refractivity contribution in [2.45, 2.75) is 45.6 Å². The number of nitrogens with zero attached hydrogens (tertiary/aromatic N) is 1. The van der Waals surface area contributed by atoms with Crippen LogP contribution < -0.4 is 10.1 Å². The molecule has 6 heteroatoms. The third-order valence-corrected chi connectivity index (χ3v) is 5.36. The summed E-state index contributed by atoms with van der Waals surface area (Å²) in [6.45, 7) is 7.84. The number of carbonyl (C=O) groups is 1. The van der Waals surface area contributed by atoms with Crippen molar-refractivity contribution in [3.63, 3.8) is 0 Å². The lowest BCUT2D eigenvalue weighted by atomic mass is 9.90. The lowest BCUT2D eigenvalue weighted by Crippen LogP contribution is -2.49. The highest BCUT2D eigenvalue weighted by molar-refractivity contribution is 6.00. The first kappa shape index (κ1) is 23.8. The minimum absolute atomic E-state index is 0.101. The maximum absolute atomic E-state index is 13.3. The van der Waals surface area contributed by atoms with Crippen LogP contribution in [0.4, 0.5) is 0 Å². The van der Waals surface area contributed by atoms with Crippen molar-refractivity contribution >= 4 is 11.8 Å². The number of nitrogens with one attached hydrogen (secondary N) is 1. The average molecular weight is 439 g/mol. The normalized spacial score (nSPS) is 18.1. The zero-order valence-electron chi connectivity index (χ0n) is 19.3. The molecule has 1 amide bonds. The number of carbonyl (C=O) groups excluding carboxylic acids is 1. The second-order valence-corrected chi connectivity index (χ2v) is 9.42. The van der Waals surface area contributed by atoms with E-state index in [4.69, 9.17) is 19.6 Å². The van der Waals surface area contributed by atoms with Gasteiger partial charge in [0.05, 0.1) is 6.61 Å². The fourth-order valence-electron chi connectivity index (χ4n) is 3.48. The molecule has 2 N–H and O–H groups in total. The minimum atomic E-state index is -0.995. The molecule has 1 aliphatic heterocycles. The first-order valence-electron chi connectivity index (χ1n) is 11.2. The van der Waals surface area contributed by atoms with Crippen molar-refractivity contribution in [1.82, 2.24) is 5.32 Å². The van der Waals surface area contributed by atoms with E-state index in [-0.39, 0.29) is 24.5 Å². The van der Waals surface area contributed by atoms with Gasteiger partial charge in [0, 0.05) is 31.6 Å². The maximum Gasteiger partial charge on any atom is 0.251 e. The molecule has 0 aromatic heterocycles. The van der Waals surface area contributed by atoms with Crippen molar-refractivity contribution in [2.24, 2.45) is 10.4 Å². The molecular weight excluding hydrogens is 404 g/mol. The van der Waals surface area contributed by atoms with Crippen LogP contribution in [0, 0.1) is 5.41 Å². The number of hydrogen-bond acceptors (Lipinski definition) is 5. The molecule has 1 heterocycles. The Morgan fingerprint density at radius 1 is 1.16 bits per heavy atom. The van der Waals surface area contributed by atoms with Crippen molar-refractivity contribution in [1.29, 1.82) is 0 Å². The van der Waals surface area contributed by atoms with E-state index >= 15 is 0 Å². The molecular formula is C26H34N2O4. The van der Waals surface area contributed by atoms with Crippen LogP contribution in [0.15, 0.2) is 59.6 Å². The van der Waals surface area contributed by atoms with Gasteiger partial charge in [-0.25, -0.2) is 4.99 Å². The van der Waals surface area contributed by atoms with Gasteiger partial charge in [0.1, 0.15) is 12.4 Å². The predicted octanol–water partition coefficient (Wildman–Crippen LogP) is 3.76. The summed E-state index contributed by atoms with van der Waals surface area (Å²) >= 11 is 0. The quantitative estimate of drug-likeness (QED) is 0.554. The summed E-state index contributed by atoms with van der Waals surface area (Å²) in [6.07, 6.45) is 1.94. The largest absolute Gasteiger partial charge is 0.494 e. The van der Waals surface area contributed by atoms with Gasteiger partial charge < -0.3 is 19.9 Å². The van der Waals surface area contributed by atoms with Crippen molar-refractivity contribution in [2.75, 3.05) is 26.4 Å². The van der Waals surface area contributed by atoms with Gasteiger partial charge in [-0.15, -0.1) is 0 Å². The van der Waals surface area contributed by atoms with Crippen LogP contribution >= 0.6 is 0 Å². The highest BCUT2D eigenvalue weighted by Crippen LogP contribution is 2.28. The van der Waals surface area contributed by atoms with E-state index < -0.39 is 5.54 Å². The molecule has 2 aromatic carbocycles.